The van der Waals surface area contributed by atoms with E-state index in [0.29, 0.717) is 0 Å². The zero-order valence-corrected chi connectivity index (χ0v) is 10.5. The summed E-state index contributed by atoms with van der Waals surface area (Å²) in [4.78, 5) is 11.3. The Morgan fingerprint density at radius 2 is 1.89 bits per heavy atom. The number of hydrogen-bond acceptors (Lipinski definition) is 4. The fourth-order valence-corrected chi connectivity index (χ4v) is 2.85. The Morgan fingerprint density at radius 3 is 2.44 bits per heavy atom. The van der Waals surface area contributed by atoms with Gasteiger partial charge in [-0.1, -0.05) is 30.3 Å². The van der Waals surface area contributed by atoms with E-state index in [0.717, 1.165) is 5.56 Å². The van der Waals surface area contributed by atoms with Crippen LogP contribution in [0.3, 0.4) is 0 Å². The van der Waals surface area contributed by atoms with Crippen LogP contribution in [0.5, 0.6) is 0 Å². The highest BCUT2D eigenvalue weighted by molar-refractivity contribution is 7.93. The first kappa shape index (κ1) is 13.0. The number of carbonyl (C=O) groups is 1. The predicted octanol–water partition coefficient (Wildman–Crippen LogP) is 1.60. The number of alkyl halides is 1. The molecule has 2 rings (SSSR count). The van der Waals surface area contributed by atoms with Gasteiger partial charge < -0.3 is 4.74 Å². The Labute approximate surface area is 105 Å². The second-order valence-corrected chi connectivity index (χ2v) is 6.54. The van der Waals surface area contributed by atoms with Gasteiger partial charge in [0.05, 0.1) is 0 Å². The minimum Gasteiger partial charge on any atom is -0.460 e. The first-order chi connectivity index (χ1) is 8.43. The number of rotatable bonds is 5. The second-order valence-electron chi connectivity index (χ2n) is 4.29. The van der Waals surface area contributed by atoms with Gasteiger partial charge in [0.25, 0.3) is 0 Å². The molecule has 0 bridgehead atoms. The van der Waals surface area contributed by atoms with Gasteiger partial charge in [0, 0.05) is 0 Å². The second kappa shape index (κ2) is 4.68. The van der Waals surface area contributed by atoms with E-state index >= 15 is 0 Å². The molecule has 0 aromatic heterocycles. The van der Waals surface area contributed by atoms with E-state index in [2.05, 4.69) is 0 Å². The number of halogens is 1. The van der Waals surface area contributed by atoms with Gasteiger partial charge in [-0.05, 0) is 18.4 Å². The summed E-state index contributed by atoms with van der Waals surface area (Å²) < 4.78 is 41.1. The molecule has 0 aliphatic heterocycles. The van der Waals surface area contributed by atoms with E-state index in [1.54, 1.807) is 24.3 Å². The van der Waals surface area contributed by atoms with E-state index in [9.17, 15) is 17.6 Å². The quantitative estimate of drug-likeness (QED) is 0.764. The van der Waals surface area contributed by atoms with Crippen molar-refractivity contribution in [3.05, 3.63) is 35.9 Å². The average molecular weight is 272 g/mol. The van der Waals surface area contributed by atoms with Gasteiger partial charge in [0.15, 0.2) is 15.6 Å². The molecule has 0 unspecified atom stereocenters. The lowest BCUT2D eigenvalue weighted by atomic mass is 10.2. The molecule has 0 amide bonds. The zero-order chi connectivity index (χ0) is 13.2. The van der Waals surface area contributed by atoms with Gasteiger partial charge in [0.2, 0.25) is 5.00 Å². The van der Waals surface area contributed by atoms with Gasteiger partial charge in [-0.3, -0.25) is 4.79 Å². The SMILES string of the molecule is O=C(CS(=O)(=O)C1(F)CC1)OCc1ccccc1. The maximum atomic E-state index is 13.4. The van der Waals surface area contributed by atoms with Crippen molar-refractivity contribution in [1.29, 1.82) is 0 Å². The lowest BCUT2D eigenvalue weighted by molar-refractivity contribution is -0.141. The van der Waals surface area contributed by atoms with Crippen LogP contribution in [0.2, 0.25) is 0 Å². The molecule has 6 heteroatoms. The maximum Gasteiger partial charge on any atom is 0.321 e. The molecular weight excluding hydrogens is 259 g/mol. The van der Waals surface area contributed by atoms with Crippen LogP contribution in [0, 0.1) is 0 Å². The van der Waals surface area contributed by atoms with E-state index in [1.165, 1.54) is 0 Å². The van der Waals surface area contributed by atoms with Crippen molar-refractivity contribution in [2.45, 2.75) is 24.4 Å². The average Bonchev–Trinajstić information content (AvgIpc) is 3.07. The van der Waals surface area contributed by atoms with Crippen LogP contribution in [0.25, 0.3) is 0 Å². The smallest absolute Gasteiger partial charge is 0.321 e. The molecule has 18 heavy (non-hydrogen) atoms. The third-order valence-electron chi connectivity index (χ3n) is 2.75. The highest BCUT2D eigenvalue weighted by Gasteiger charge is 2.56. The summed E-state index contributed by atoms with van der Waals surface area (Å²) in [6.45, 7) is -0.00548. The predicted molar refractivity (Wildman–Crippen MR) is 63.1 cm³/mol. The van der Waals surface area contributed by atoms with Crippen LogP contribution < -0.4 is 0 Å². The number of ether oxygens (including phenoxy) is 1. The monoisotopic (exact) mass is 272 g/mol. The molecule has 4 nitrogen and oxygen atoms in total. The Morgan fingerprint density at radius 1 is 1.28 bits per heavy atom. The van der Waals surface area contributed by atoms with Crippen molar-refractivity contribution in [1.82, 2.24) is 0 Å². The zero-order valence-electron chi connectivity index (χ0n) is 9.63. The molecule has 0 spiro atoms. The summed E-state index contributed by atoms with van der Waals surface area (Å²) >= 11 is 0. The lowest BCUT2D eigenvalue weighted by Gasteiger charge is -2.08. The molecule has 0 radical (unpaired) electrons. The lowest BCUT2D eigenvalue weighted by Crippen LogP contribution is -2.27. The molecule has 1 aliphatic carbocycles. The first-order valence-electron chi connectivity index (χ1n) is 5.54. The van der Waals surface area contributed by atoms with E-state index < -0.39 is 26.6 Å². The molecule has 0 saturated heterocycles. The number of hydrogen-bond donors (Lipinski definition) is 0. The topological polar surface area (TPSA) is 60.4 Å². The van der Waals surface area contributed by atoms with Crippen molar-refractivity contribution in [3.63, 3.8) is 0 Å². The van der Waals surface area contributed by atoms with Crippen LogP contribution in [0.1, 0.15) is 18.4 Å². The van der Waals surface area contributed by atoms with Crippen LogP contribution in [-0.4, -0.2) is 25.1 Å². The Hall–Kier alpha value is -1.43. The van der Waals surface area contributed by atoms with Crippen LogP contribution in [-0.2, 0) is 26.0 Å². The normalized spacial score (nSPS) is 17.2. The van der Waals surface area contributed by atoms with Gasteiger partial charge in [-0.15, -0.1) is 0 Å². The number of sulfone groups is 1. The van der Waals surface area contributed by atoms with Crippen molar-refractivity contribution in [2.24, 2.45) is 0 Å². The maximum absolute atomic E-state index is 13.4. The Balaban J connectivity index is 1.86. The summed E-state index contributed by atoms with van der Waals surface area (Å²) in [5.41, 5.74) is 0.754. The molecule has 1 saturated carbocycles. The minimum atomic E-state index is -4.03. The van der Waals surface area contributed by atoms with Crippen LogP contribution in [0.4, 0.5) is 4.39 Å². The highest BCUT2D eigenvalue weighted by atomic mass is 32.2. The summed E-state index contributed by atoms with van der Waals surface area (Å²) in [5, 5.41) is -2.20. The molecule has 98 valence electrons. The minimum absolute atomic E-state index is 0.00548. The van der Waals surface area contributed by atoms with Crippen molar-refractivity contribution in [3.8, 4) is 0 Å². The molecule has 0 atom stereocenters. The molecule has 0 heterocycles. The summed E-state index contributed by atoms with van der Waals surface area (Å²) in [6, 6.07) is 8.87. The highest BCUT2D eigenvalue weighted by Crippen LogP contribution is 2.45. The van der Waals surface area contributed by atoms with Gasteiger partial charge >= 0.3 is 5.97 Å². The third-order valence-corrected chi connectivity index (χ3v) is 4.89. The number of benzene rings is 1. The van der Waals surface area contributed by atoms with Crippen molar-refractivity contribution in [2.75, 3.05) is 5.75 Å². The molecule has 1 aromatic rings. The van der Waals surface area contributed by atoms with Crippen LogP contribution >= 0.6 is 0 Å². The third kappa shape index (κ3) is 2.87. The standard InChI is InChI=1S/C12H13FO4S/c13-12(6-7-12)18(15,16)9-11(14)17-8-10-4-2-1-3-5-10/h1-5H,6-9H2. The molecule has 1 aromatic carbocycles. The van der Waals surface area contributed by atoms with Crippen molar-refractivity contribution < 1.29 is 22.3 Å². The summed E-state index contributed by atoms with van der Waals surface area (Å²) in [6.07, 6.45) is -0.0530. The molecule has 1 fully saturated rings. The number of esters is 1. The van der Waals surface area contributed by atoms with Crippen molar-refractivity contribution >= 4 is 15.8 Å². The molecule has 0 N–H and O–H groups in total. The Kier molecular flexibility index (Phi) is 3.38. The Bertz CT molecular complexity index is 534. The van der Waals surface area contributed by atoms with Gasteiger partial charge in [-0.25, -0.2) is 12.8 Å². The summed E-state index contributed by atoms with van der Waals surface area (Å²) in [7, 11) is -4.03. The van der Waals surface area contributed by atoms with E-state index in [4.69, 9.17) is 4.74 Å². The van der Waals surface area contributed by atoms with Crippen LogP contribution in [0.15, 0.2) is 30.3 Å². The van der Waals surface area contributed by atoms with E-state index in [-0.39, 0.29) is 19.4 Å². The van der Waals surface area contributed by atoms with E-state index in [1.807, 2.05) is 6.07 Å². The fraction of sp³-hybridized carbons (Fsp3) is 0.417. The largest absolute Gasteiger partial charge is 0.460 e. The fourth-order valence-electron chi connectivity index (χ4n) is 1.47. The number of carbonyl (C=O) groups excluding carboxylic acids is 1. The summed E-state index contributed by atoms with van der Waals surface area (Å²) in [5.74, 6) is -1.81. The van der Waals surface area contributed by atoms with Gasteiger partial charge in [0.1, 0.15) is 6.61 Å². The van der Waals surface area contributed by atoms with Gasteiger partial charge in [-0.2, -0.15) is 0 Å². The molecular formula is C12H13FO4S. The molecule has 1 aliphatic rings. The first-order valence-corrected chi connectivity index (χ1v) is 7.19.